The molecule has 1 aliphatic heterocycles. The molecule has 0 aromatic heterocycles. The highest BCUT2D eigenvalue weighted by molar-refractivity contribution is 5.83. The van der Waals surface area contributed by atoms with Crippen molar-refractivity contribution in [2.45, 2.75) is 45.7 Å². The van der Waals surface area contributed by atoms with Gasteiger partial charge in [0, 0.05) is 12.2 Å². The second-order valence-electron chi connectivity index (χ2n) is 8.63. The summed E-state index contributed by atoms with van der Waals surface area (Å²) in [5.41, 5.74) is 15.7. The summed E-state index contributed by atoms with van der Waals surface area (Å²) in [5.74, 6) is -0.0951. The van der Waals surface area contributed by atoms with E-state index in [9.17, 15) is 4.79 Å². The molecule has 4 nitrogen and oxygen atoms in total. The van der Waals surface area contributed by atoms with Crippen molar-refractivity contribution in [2.75, 3.05) is 11.9 Å². The topological polar surface area (TPSA) is 67.2 Å². The molecule has 31 heavy (non-hydrogen) atoms. The lowest BCUT2D eigenvalue weighted by molar-refractivity contribution is -0.123. The Morgan fingerprint density at radius 1 is 1.03 bits per heavy atom. The molecular weight excluding hydrogens is 382 g/mol. The first-order valence-electron chi connectivity index (χ1n) is 11.0. The number of anilines is 1. The zero-order valence-electron chi connectivity index (χ0n) is 18.5. The van der Waals surface area contributed by atoms with Crippen LogP contribution in [0, 0.1) is 20.8 Å². The number of carbonyl (C=O) groups is 1. The second-order valence-corrected chi connectivity index (χ2v) is 8.63. The zero-order valence-corrected chi connectivity index (χ0v) is 18.5. The average molecular weight is 414 g/mol. The molecule has 1 amide bonds. The lowest BCUT2D eigenvalue weighted by Gasteiger charge is -2.29. The number of aryl methyl sites for hydroxylation is 3. The number of fused-ring (bicyclic) bond motifs is 1. The molecule has 1 heterocycles. The van der Waals surface area contributed by atoms with Crippen molar-refractivity contribution >= 4 is 11.6 Å². The van der Waals surface area contributed by atoms with E-state index in [2.05, 4.69) is 73.9 Å². The Balaban J connectivity index is 1.52. The molecule has 0 saturated carbocycles. The summed E-state index contributed by atoms with van der Waals surface area (Å²) >= 11 is 0. The van der Waals surface area contributed by atoms with Gasteiger partial charge in [-0.2, -0.15) is 0 Å². The lowest BCUT2D eigenvalue weighted by Crippen LogP contribution is -2.44. The molecule has 1 aliphatic rings. The van der Waals surface area contributed by atoms with Crippen molar-refractivity contribution < 1.29 is 4.79 Å². The van der Waals surface area contributed by atoms with E-state index >= 15 is 0 Å². The van der Waals surface area contributed by atoms with Gasteiger partial charge in [-0.25, -0.2) is 0 Å². The van der Waals surface area contributed by atoms with Crippen LogP contribution in [0.15, 0.2) is 60.7 Å². The summed E-state index contributed by atoms with van der Waals surface area (Å²) in [7, 11) is 0. The fraction of sp³-hybridized carbons (Fsp3) is 0.296. The van der Waals surface area contributed by atoms with Gasteiger partial charge in [-0.05, 0) is 79.1 Å². The molecule has 0 spiro atoms. The Labute approximate surface area is 184 Å². The highest BCUT2D eigenvalue weighted by Crippen LogP contribution is 2.33. The Morgan fingerprint density at radius 3 is 2.45 bits per heavy atom. The van der Waals surface area contributed by atoms with E-state index in [0.29, 0.717) is 6.42 Å². The first kappa shape index (κ1) is 21.1. The summed E-state index contributed by atoms with van der Waals surface area (Å²) in [6.45, 7) is 7.10. The lowest BCUT2D eigenvalue weighted by atomic mass is 9.92. The average Bonchev–Trinajstić information content (AvgIpc) is 2.76. The SMILES string of the molecule is Cc1cc(C)c(C[C@H](N)C(=O)N[C@@H]2CCNc3ccc(-c4ccccc4)cc32)c(C)c1. The minimum atomic E-state index is -0.573. The molecule has 3 aromatic rings. The maximum atomic E-state index is 13.0. The largest absolute Gasteiger partial charge is 0.385 e. The van der Waals surface area contributed by atoms with Crippen LogP contribution >= 0.6 is 0 Å². The van der Waals surface area contributed by atoms with E-state index < -0.39 is 6.04 Å². The number of hydrogen-bond acceptors (Lipinski definition) is 3. The minimum absolute atomic E-state index is 0.0429. The first-order valence-corrected chi connectivity index (χ1v) is 11.0. The molecule has 4 rings (SSSR count). The summed E-state index contributed by atoms with van der Waals surface area (Å²) in [5, 5.41) is 6.67. The van der Waals surface area contributed by atoms with Gasteiger partial charge in [0.15, 0.2) is 0 Å². The van der Waals surface area contributed by atoms with Crippen LogP contribution in [-0.4, -0.2) is 18.5 Å². The van der Waals surface area contributed by atoms with Crippen LogP contribution in [0.5, 0.6) is 0 Å². The van der Waals surface area contributed by atoms with Crippen molar-refractivity contribution in [3.63, 3.8) is 0 Å². The first-order chi connectivity index (χ1) is 14.9. The molecule has 4 N–H and O–H groups in total. The van der Waals surface area contributed by atoms with Crippen molar-refractivity contribution in [3.8, 4) is 11.1 Å². The van der Waals surface area contributed by atoms with Crippen LogP contribution in [0.25, 0.3) is 11.1 Å². The smallest absolute Gasteiger partial charge is 0.237 e. The number of nitrogens with two attached hydrogens (primary N) is 1. The number of benzene rings is 3. The van der Waals surface area contributed by atoms with E-state index in [4.69, 9.17) is 5.73 Å². The van der Waals surface area contributed by atoms with Gasteiger partial charge in [-0.1, -0.05) is 54.1 Å². The van der Waals surface area contributed by atoms with Crippen molar-refractivity contribution in [2.24, 2.45) is 5.73 Å². The van der Waals surface area contributed by atoms with Crippen LogP contribution < -0.4 is 16.4 Å². The fourth-order valence-electron chi connectivity index (χ4n) is 4.60. The van der Waals surface area contributed by atoms with Crippen molar-refractivity contribution in [1.82, 2.24) is 5.32 Å². The third kappa shape index (κ3) is 4.64. The molecule has 160 valence electrons. The van der Waals surface area contributed by atoms with E-state index in [1.54, 1.807) is 0 Å². The van der Waals surface area contributed by atoms with Gasteiger partial charge in [-0.3, -0.25) is 4.79 Å². The number of nitrogens with one attached hydrogen (secondary N) is 2. The van der Waals surface area contributed by atoms with Crippen LogP contribution in [0.1, 0.15) is 40.3 Å². The van der Waals surface area contributed by atoms with E-state index in [-0.39, 0.29) is 11.9 Å². The highest BCUT2D eigenvalue weighted by atomic mass is 16.2. The third-order valence-electron chi connectivity index (χ3n) is 6.20. The molecular formula is C27H31N3O. The van der Waals surface area contributed by atoms with Gasteiger partial charge >= 0.3 is 0 Å². The number of carbonyl (C=O) groups excluding carboxylic acids is 1. The van der Waals surface area contributed by atoms with E-state index in [1.807, 2.05) is 18.2 Å². The molecule has 0 radical (unpaired) electrons. The zero-order chi connectivity index (χ0) is 22.0. The Kier molecular flexibility index (Phi) is 6.10. The Bertz CT molecular complexity index is 1070. The quantitative estimate of drug-likeness (QED) is 0.562. The molecule has 0 bridgehead atoms. The third-order valence-corrected chi connectivity index (χ3v) is 6.20. The molecule has 0 unspecified atom stereocenters. The number of rotatable bonds is 5. The van der Waals surface area contributed by atoms with Crippen LogP contribution in [0.4, 0.5) is 5.69 Å². The minimum Gasteiger partial charge on any atom is -0.385 e. The monoisotopic (exact) mass is 413 g/mol. The van der Waals surface area contributed by atoms with Crippen LogP contribution in [-0.2, 0) is 11.2 Å². The summed E-state index contributed by atoms with van der Waals surface area (Å²) in [6.07, 6.45) is 1.39. The Hall–Kier alpha value is -3.11. The summed E-state index contributed by atoms with van der Waals surface area (Å²) in [4.78, 5) is 13.0. The second kappa shape index (κ2) is 8.94. The maximum Gasteiger partial charge on any atom is 0.237 e. The fourth-order valence-corrected chi connectivity index (χ4v) is 4.60. The van der Waals surface area contributed by atoms with Gasteiger partial charge in [0.05, 0.1) is 12.1 Å². The molecule has 0 aliphatic carbocycles. The summed E-state index contributed by atoms with van der Waals surface area (Å²) in [6, 6.07) is 20.4. The van der Waals surface area contributed by atoms with E-state index in [0.717, 1.165) is 29.8 Å². The van der Waals surface area contributed by atoms with Gasteiger partial charge in [0.25, 0.3) is 0 Å². The van der Waals surface area contributed by atoms with Crippen LogP contribution in [0.3, 0.4) is 0 Å². The molecule has 0 saturated heterocycles. The van der Waals surface area contributed by atoms with Crippen molar-refractivity contribution in [3.05, 3.63) is 88.5 Å². The molecule has 3 aromatic carbocycles. The molecule has 2 atom stereocenters. The molecule has 4 heteroatoms. The number of hydrogen-bond donors (Lipinski definition) is 3. The standard InChI is InChI=1S/C27H31N3O/c1-17-13-18(2)22(19(3)14-17)16-24(28)27(31)30-26-11-12-29-25-10-9-21(15-23(25)26)20-7-5-4-6-8-20/h4-10,13-15,24,26,29H,11-12,16,28H2,1-3H3,(H,30,31)/t24-,26+/m0/s1. The van der Waals surface area contributed by atoms with Gasteiger partial charge in [-0.15, -0.1) is 0 Å². The summed E-state index contributed by atoms with van der Waals surface area (Å²) < 4.78 is 0. The van der Waals surface area contributed by atoms with Gasteiger partial charge < -0.3 is 16.4 Å². The predicted molar refractivity (Wildman–Crippen MR) is 128 cm³/mol. The van der Waals surface area contributed by atoms with Crippen molar-refractivity contribution in [1.29, 1.82) is 0 Å². The highest BCUT2D eigenvalue weighted by Gasteiger charge is 2.25. The normalized spacial score (nSPS) is 16.2. The predicted octanol–water partition coefficient (Wildman–Crippen LogP) is 4.82. The number of amides is 1. The van der Waals surface area contributed by atoms with Gasteiger partial charge in [0.2, 0.25) is 5.91 Å². The van der Waals surface area contributed by atoms with Gasteiger partial charge in [0.1, 0.15) is 0 Å². The van der Waals surface area contributed by atoms with Crippen LogP contribution in [0.2, 0.25) is 0 Å². The van der Waals surface area contributed by atoms with E-state index in [1.165, 1.54) is 27.8 Å². The Morgan fingerprint density at radius 2 is 1.74 bits per heavy atom. The molecule has 0 fully saturated rings. The maximum absolute atomic E-state index is 13.0.